The van der Waals surface area contributed by atoms with Crippen molar-refractivity contribution in [2.45, 2.75) is 38.5 Å². The third-order valence-electron chi connectivity index (χ3n) is 2.07. The molecule has 1 rings (SSSR count). The number of oxime groups is 1. The van der Waals surface area contributed by atoms with E-state index in [1.54, 1.807) is 6.08 Å². The Morgan fingerprint density at radius 3 is 2.50 bits per heavy atom. The van der Waals surface area contributed by atoms with Crippen molar-refractivity contribution in [3.63, 3.8) is 0 Å². The second-order valence-electron chi connectivity index (χ2n) is 3.16. The summed E-state index contributed by atoms with van der Waals surface area (Å²) in [6.07, 6.45) is 9.21. The van der Waals surface area contributed by atoms with E-state index in [9.17, 15) is 0 Å². The van der Waals surface area contributed by atoms with Crippen LogP contribution in [0.3, 0.4) is 0 Å². The zero-order chi connectivity index (χ0) is 8.65. The van der Waals surface area contributed by atoms with Crippen LogP contribution in [-0.2, 0) is 4.84 Å². The molecule has 0 spiro atoms. The van der Waals surface area contributed by atoms with Crippen molar-refractivity contribution in [3.8, 4) is 0 Å². The van der Waals surface area contributed by atoms with Gasteiger partial charge in [-0.15, -0.1) is 0 Å². The molecule has 0 unspecified atom stereocenters. The highest BCUT2D eigenvalue weighted by Gasteiger charge is 2.05. The average Bonchev–Trinajstić information content (AvgIpc) is 2.33. The van der Waals surface area contributed by atoms with E-state index in [0.717, 1.165) is 12.8 Å². The highest BCUT2D eigenvalue weighted by Crippen LogP contribution is 2.14. The molecule has 0 aromatic heterocycles. The Bertz CT molecular complexity index is 153. The van der Waals surface area contributed by atoms with Gasteiger partial charge in [0.1, 0.15) is 6.61 Å². The Kier molecular flexibility index (Phi) is 4.50. The summed E-state index contributed by atoms with van der Waals surface area (Å²) in [7, 11) is 0. The monoisotopic (exact) mass is 167 g/mol. The predicted molar refractivity (Wildman–Crippen MR) is 51.3 cm³/mol. The largest absolute Gasteiger partial charge is 0.392 e. The van der Waals surface area contributed by atoms with Crippen molar-refractivity contribution in [1.82, 2.24) is 0 Å². The van der Waals surface area contributed by atoms with E-state index >= 15 is 0 Å². The van der Waals surface area contributed by atoms with Crippen molar-refractivity contribution in [2.75, 3.05) is 6.61 Å². The molecule has 0 saturated heterocycles. The second-order valence-corrected chi connectivity index (χ2v) is 3.16. The van der Waals surface area contributed by atoms with Crippen molar-refractivity contribution < 1.29 is 4.84 Å². The van der Waals surface area contributed by atoms with Crippen LogP contribution in [0.25, 0.3) is 0 Å². The zero-order valence-corrected chi connectivity index (χ0v) is 7.59. The van der Waals surface area contributed by atoms with Gasteiger partial charge >= 0.3 is 0 Å². The normalized spacial score (nSPS) is 18.2. The molecule has 1 aliphatic rings. The van der Waals surface area contributed by atoms with Crippen molar-refractivity contribution in [3.05, 3.63) is 12.7 Å². The number of hydrogen-bond acceptors (Lipinski definition) is 2. The molecule has 2 heteroatoms. The maximum Gasteiger partial charge on any atom is 0.135 e. The predicted octanol–water partition coefficient (Wildman–Crippen LogP) is 2.90. The summed E-state index contributed by atoms with van der Waals surface area (Å²) in [5.74, 6) is 0. The molecule has 0 amide bonds. The summed E-state index contributed by atoms with van der Waals surface area (Å²) in [5, 5.41) is 4.08. The van der Waals surface area contributed by atoms with Gasteiger partial charge in [-0.1, -0.05) is 30.7 Å². The summed E-state index contributed by atoms with van der Waals surface area (Å²) in [5.41, 5.74) is 1.23. The summed E-state index contributed by atoms with van der Waals surface area (Å²) in [4.78, 5) is 5.05. The smallest absolute Gasteiger partial charge is 0.135 e. The molecule has 0 aromatic rings. The molecule has 12 heavy (non-hydrogen) atoms. The minimum absolute atomic E-state index is 0.531. The Morgan fingerprint density at radius 2 is 1.92 bits per heavy atom. The Labute approximate surface area is 74.3 Å². The molecule has 0 aromatic carbocycles. The van der Waals surface area contributed by atoms with E-state index in [2.05, 4.69) is 11.7 Å². The topological polar surface area (TPSA) is 21.6 Å². The van der Waals surface area contributed by atoms with E-state index in [4.69, 9.17) is 4.84 Å². The number of hydrogen-bond donors (Lipinski definition) is 0. The first-order chi connectivity index (χ1) is 5.93. The van der Waals surface area contributed by atoms with E-state index in [-0.39, 0.29) is 0 Å². The summed E-state index contributed by atoms with van der Waals surface area (Å²) in [6, 6.07) is 0. The SMILES string of the molecule is C=CCON=C1CCCCCC1. The van der Waals surface area contributed by atoms with E-state index in [0.29, 0.717) is 6.61 Å². The Hall–Kier alpha value is -0.790. The minimum atomic E-state index is 0.531. The van der Waals surface area contributed by atoms with Crippen LogP contribution in [0.5, 0.6) is 0 Å². The molecule has 0 heterocycles. The molecule has 1 aliphatic carbocycles. The quantitative estimate of drug-likeness (QED) is 0.274. The first-order valence-corrected chi connectivity index (χ1v) is 4.72. The van der Waals surface area contributed by atoms with Gasteiger partial charge in [0.25, 0.3) is 0 Å². The zero-order valence-electron chi connectivity index (χ0n) is 7.59. The van der Waals surface area contributed by atoms with Crippen LogP contribution in [0.4, 0.5) is 0 Å². The molecule has 0 bridgehead atoms. The molecule has 2 nitrogen and oxygen atoms in total. The molecule has 0 N–H and O–H groups in total. The van der Waals surface area contributed by atoms with Gasteiger partial charge in [0, 0.05) is 0 Å². The van der Waals surface area contributed by atoms with Gasteiger partial charge in [-0.3, -0.25) is 0 Å². The average molecular weight is 167 g/mol. The summed E-state index contributed by atoms with van der Waals surface area (Å²) < 4.78 is 0. The lowest BCUT2D eigenvalue weighted by Crippen LogP contribution is -1.97. The van der Waals surface area contributed by atoms with Crippen LogP contribution in [0.1, 0.15) is 38.5 Å². The third-order valence-corrected chi connectivity index (χ3v) is 2.07. The fraction of sp³-hybridized carbons (Fsp3) is 0.700. The fourth-order valence-corrected chi connectivity index (χ4v) is 1.41. The molecule has 0 radical (unpaired) electrons. The minimum Gasteiger partial charge on any atom is -0.392 e. The van der Waals surface area contributed by atoms with Crippen LogP contribution >= 0.6 is 0 Å². The van der Waals surface area contributed by atoms with Gasteiger partial charge in [0.15, 0.2) is 0 Å². The van der Waals surface area contributed by atoms with Gasteiger partial charge in [0.2, 0.25) is 0 Å². The molecule has 0 aliphatic heterocycles. The Morgan fingerprint density at radius 1 is 1.25 bits per heavy atom. The molecule has 0 atom stereocenters. The lowest BCUT2D eigenvalue weighted by molar-refractivity contribution is 0.173. The van der Waals surface area contributed by atoms with Crippen molar-refractivity contribution >= 4 is 5.71 Å². The lowest BCUT2D eigenvalue weighted by Gasteiger charge is -2.00. The first-order valence-electron chi connectivity index (χ1n) is 4.72. The van der Waals surface area contributed by atoms with Crippen LogP contribution in [0.2, 0.25) is 0 Å². The van der Waals surface area contributed by atoms with Gasteiger partial charge in [0.05, 0.1) is 5.71 Å². The maximum absolute atomic E-state index is 5.05. The lowest BCUT2D eigenvalue weighted by atomic mass is 10.2. The van der Waals surface area contributed by atoms with E-state index < -0.39 is 0 Å². The van der Waals surface area contributed by atoms with Gasteiger partial charge in [-0.25, -0.2) is 0 Å². The standard InChI is InChI=1S/C10H17NO/c1-2-9-12-11-10-7-5-3-4-6-8-10/h2H,1,3-9H2. The highest BCUT2D eigenvalue weighted by molar-refractivity contribution is 5.84. The number of rotatable bonds is 3. The number of nitrogens with zero attached hydrogens (tertiary/aromatic N) is 1. The van der Waals surface area contributed by atoms with Gasteiger partial charge in [-0.05, 0) is 25.7 Å². The summed E-state index contributed by atoms with van der Waals surface area (Å²) >= 11 is 0. The van der Waals surface area contributed by atoms with E-state index in [1.807, 2.05) is 0 Å². The summed E-state index contributed by atoms with van der Waals surface area (Å²) in [6.45, 7) is 4.10. The van der Waals surface area contributed by atoms with Gasteiger partial charge in [-0.2, -0.15) is 0 Å². The van der Waals surface area contributed by atoms with Gasteiger partial charge < -0.3 is 4.84 Å². The fourth-order valence-electron chi connectivity index (χ4n) is 1.41. The molecule has 1 saturated carbocycles. The van der Waals surface area contributed by atoms with E-state index in [1.165, 1.54) is 31.4 Å². The molecule has 1 fully saturated rings. The first kappa shape index (κ1) is 9.30. The van der Waals surface area contributed by atoms with Crippen LogP contribution < -0.4 is 0 Å². The molecule has 68 valence electrons. The highest BCUT2D eigenvalue weighted by atomic mass is 16.6. The maximum atomic E-state index is 5.05. The third kappa shape index (κ3) is 3.56. The van der Waals surface area contributed by atoms with Crippen molar-refractivity contribution in [2.24, 2.45) is 5.16 Å². The molecular formula is C10H17NO. The van der Waals surface area contributed by atoms with Crippen molar-refractivity contribution in [1.29, 1.82) is 0 Å². The molecular weight excluding hydrogens is 150 g/mol. The van der Waals surface area contributed by atoms with Crippen LogP contribution in [0.15, 0.2) is 17.8 Å². The van der Waals surface area contributed by atoms with Crippen LogP contribution in [0, 0.1) is 0 Å². The second kappa shape index (κ2) is 5.81. The Balaban J connectivity index is 2.26. The van der Waals surface area contributed by atoms with Crippen LogP contribution in [-0.4, -0.2) is 12.3 Å².